The van der Waals surface area contributed by atoms with Crippen molar-refractivity contribution in [2.45, 2.75) is 39.5 Å². The van der Waals surface area contributed by atoms with Gasteiger partial charge in [-0.3, -0.25) is 0 Å². The van der Waals surface area contributed by atoms with Gasteiger partial charge in [0.2, 0.25) is 0 Å². The Kier molecular flexibility index (Phi) is 4.09. The van der Waals surface area contributed by atoms with Gasteiger partial charge in [-0.1, -0.05) is 29.8 Å². The van der Waals surface area contributed by atoms with Gasteiger partial charge in [-0.2, -0.15) is 0 Å². The minimum atomic E-state index is 0.358. The highest BCUT2D eigenvalue weighted by Crippen LogP contribution is 2.48. The maximum absolute atomic E-state index is 5.89. The maximum Gasteiger partial charge on any atom is 0.125 e. The molecule has 2 aliphatic rings. The minimum Gasteiger partial charge on any atom is -0.493 e. The van der Waals surface area contributed by atoms with Gasteiger partial charge in [0.1, 0.15) is 5.75 Å². The molecule has 2 nitrogen and oxygen atoms in total. The molecule has 1 unspecified atom stereocenters. The molecule has 110 valence electrons. The Morgan fingerprint density at radius 1 is 1.40 bits per heavy atom. The highest BCUT2D eigenvalue weighted by molar-refractivity contribution is 9.10. The lowest BCUT2D eigenvalue weighted by Gasteiger charge is -2.31. The zero-order valence-electron chi connectivity index (χ0n) is 12.5. The highest BCUT2D eigenvalue weighted by atomic mass is 79.9. The van der Waals surface area contributed by atoms with Crippen molar-refractivity contribution >= 4 is 15.9 Å². The van der Waals surface area contributed by atoms with Crippen molar-refractivity contribution in [1.29, 1.82) is 0 Å². The first-order valence-electron chi connectivity index (χ1n) is 7.77. The molecule has 0 bridgehead atoms. The predicted molar refractivity (Wildman–Crippen MR) is 86.4 cm³/mol. The van der Waals surface area contributed by atoms with E-state index in [1.165, 1.54) is 28.4 Å². The van der Waals surface area contributed by atoms with Crippen LogP contribution in [0.25, 0.3) is 0 Å². The van der Waals surface area contributed by atoms with Crippen LogP contribution < -0.4 is 10.1 Å². The summed E-state index contributed by atoms with van der Waals surface area (Å²) in [7, 11) is 0. The number of hydrogen-bond acceptors (Lipinski definition) is 2. The zero-order valence-corrected chi connectivity index (χ0v) is 14.1. The van der Waals surface area contributed by atoms with Crippen molar-refractivity contribution in [2.75, 3.05) is 19.7 Å². The molecule has 3 rings (SSSR count). The molecule has 1 aliphatic heterocycles. The van der Waals surface area contributed by atoms with E-state index < -0.39 is 0 Å². The van der Waals surface area contributed by atoms with Crippen LogP contribution in [0, 0.1) is 11.3 Å². The van der Waals surface area contributed by atoms with Gasteiger partial charge in [-0.25, -0.2) is 0 Å². The monoisotopic (exact) mass is 337 g/mol. The van der Waals surface area contributed by atoms with Crippen molar-refractivity contribution in [1.82, 2.24) is 5.32 Å². The fourth-order valence-corrected chi connectivity index (χ4v) is 4.01. The van der Waals surface area contributed by atoms with E-state index in [2.05, 4.69) is 47.2 Å². The minimum absolute atomic E-state index is 0.358. The molecule has 0 saturated heterocycles. The summed E-state index contributed by atoms with van der Waals surface area (Å²) in [6.07, 6.45) is 4.94. The average Bonchev–Trinajstić information content (AvgIpc) is 3.17. The summed E-state index contributed by atoms with van der Waals surface area (Å²) in [5.74, 6) is 2.04. The maximum atomic E-state index is 5.89. The Bertz CT molecular complexity index is 498. The summed E-state index contributed by atoms with van der Waals surface area (Å²) in [5, 5.41) is 3.56. The van der Waals surface area contributed by atoms with Gasteiger partial charge >= 0.3 is 0 Å². The number of benzene rings is 1. The van der Waals surface area contributed by atoms with Crippen LogP contribution in [0.3, 0.4) is 0 Å². The molecular formula is C17H24BrNO. The van der Waals surface area contributed by atoms with Crippen LogP contribution in [-0.2, 0) is 12.8 Å². The van der Waals surface area contributed by atoms with Gasteiger partial charge in [-0.15, -0.1) is 0 Å². The lowest BCUT2D eigenvalue weighted by atomic mass is 9.78. The Morgan fingerprint density at radius 3 is 2.90 bits per heavy atom. The SMILES string of the molecule is CCNCC(C)(Cc1cc(Br)cc2c1OCC2)C1CC1. The van der Waals surface area contributed by atoms with E-state index in [1.807, 2.05) is 0 Å². The van der Waals surface area contributed by atoms with Crippen LogP contribution in [-0.4, -0.2) is 19.7 Å². The molecule has 0 aromatic heterocycles. The van der Waals surface area contributed by atoms with Gasteiger partial charge in [0, 0.05) is 17.4 Å². The van der Waals surface area contributed by atoms with E-state index in [1.54, 1.807) is 0 Å². The van der Waals surface area contributed by atoms with Crippen LogP contribution in [0.4, 0.5) is 0 Å². The first-order valence-corrected chi connectivity index (χ1v) is 8.56. The van der Waals surface area contributed by atoms with E-state index in [0.29, 0.717) is 5.41 Å². The number of rotatable bonds is 6. The topological polar surface area (TPSA) is 21.3 Å². The van der Waals surface area contributed by atoms with Crippen LogP contribution in [0.5, 0.6) is 5.75 Å². The zero-order chi connectivity index (χ0) is 14.2. The fourth-order valence-electron chi connectivity index (χ4n) is 3.45. The molecule has 0 radical (unpaired) electrons. The molecule has 1 aromatic rings. The lowest BCUT2D eigenvalue weighted by molar-refractivity contribution is 0.253. The summed E-state index contributed by atoms with van der Waals surface area (Å²) in [5.41, 5.74) is 3.12. The molecule has 1 saturated carbocycles. The Balaban J connectivity index is 1.85. The quantitative estimate of drug-likeness (QED) is 0.848. The van der Waals surface area contributed by atoms with Gasteiger partial charge < -0.3 is 10.1 Å². The molecule has 1 atom stereocenters. The molecule has 1 aromatic carbocycles. The fraction of sp³-hybridized carbons (Fsp3) is 0.647. The van der Waals surface area contributed by atoms with Gasteiger partial charge in [0.25, 0.3) is 0 Å². The molecule has 1 heterocycles. The number of halogens is 1. The van der Waals surface area contributed by atoms with Crippen LogP contribution in [0.1, 0.15) is 37.8 Å². The standard InChI is InChI=1S/C17H24BrNO/c1-3-19-11-17(2,14-4-5-14)10-13-9-15(18)8-12-6-7-20-16(12)13/h8-9,14,19H,3-7,10-11H2,1-2H3. The smallest absolute Gasteiger partial charge is 0.125 e. The van der Waals surface area contributed by atoms with Crippen molar-refractivity contribution in [3.8, 4) is 5.75 Å². The normalized spacial score (nSPS) is 20.4. The van der Waals surface area contributed by atoms with Crippen molar-refractivity contribution < 1.29 is 4.74 Å². The van der Waals surface area contributed by atoms with Crippen LogP contribution in [0.2, 0.25) is 0 Å². The molecule has 20 heavy (non-hydrogen) atoms. The predicted octanol–water partition coefficient (Wildman–Crippen LogP) is 3.95. The second-order valence-electron chi connectivity index (χ2n) is 6.54. The van der Waals surface area contributed by atoms with E-state index >= 15 is 0 Å². The van der Waals surface area contributed by atoms with E-state index in [9.17, 15) is 0 Å². The summed E-state index contributed by atoms with van der Waals surface area (Å²) in [6.45, 7) is 7.62. The number of nitrogens with one attached hydrogen (secondary N) is 1. The van der Waals surface area contributed by atoms with E-state index in [4.69, 9.17) is 4.74 Å². The van der Waals surface area contributed by atoms with Crippen molar-refractivity contribution in [2.24, 2.45) is 11.3 Å². The lowest BCUT2D eigenvalue weighted by Crippen LogP contribution is -2.35. The number of hydrogen-bond donors (Lipinski definition) is 1. The Hall–Kier alpha value is -0.540. The van der Waals surface area contributed by atoms with Crippen LogP contribution in [0.15, 0.2) is 16.6 Å². The molecule has 1 N–H and O–H groups in total. The third-order valence-electron chi connectivity index (χ3n) is 4.76. The molecule has 0 amide bonds. The van der Waals surface area contributed by atoms with Gasteiger partial charge in [0.05, 0.1) is 6.61 Å². The number of fused-ring (bicyclic) bond motifs is 1. The number of ether oxygens (including phenoxy) is 1. The second-order valence-corrected chi connectivity index (χ2v) is 7.45. The van der Waals surface area contributed by atoms with E-state index in [-0.39, 0.29) is 0 Å². The summed E-state index contributed by atoms with van der Waals surface area (Å²) in [4.78, 5) is 0. The third kappa shape index (κ3) is 2.89. The Morgan fingerprint density at radius 2 is 2.20 bits per heavy atom. The van der Waals surface area contributed by atoms with Gasteiger partial charge in [-0.05, 0) is 60.4 Å². The first kappa shape index (κ1) is 14.4. The molecule has 0 spiro atoms. The molecule has 1 aliphatic carbocycles. The highest BCUT2D eigenvalue weighted by Gasteiger charge is 2.41. The summed E-state index contributed by atoms with van der Waals surface area (Å²) in [6, 6.07) is 4.47. The summed E-state index contributed by atoms with van der Waals surface area (Å²) >= 11 is 3.66. The largest absolute Gasteiger partial charge is 0.493 e. The molecule has 3 heteroatoms. The molecular weight excluding hydrogens is 314 g/mol. The summed E-state index contributed by atoms with van der Waals surface area (Å²) < 4.78 is 7.09. The first-order chi connectivity index (χ1) is 9.62. The van der Waals surface area contributed by atoms with Crippen molar-refractivity contribution in [3.05, 3.63) is 27.7 Å². The van der Waals surface area contributed by atoms with E-state index in [0.717, 1.165) is 44.2 Å². The average molecular weight is 338 g/mol. The van der Waals surface area contributed by atoms with Crippen molar-refractivity contribution in [3.63, 3.8) is 0 Å². The van der Waals surface area contributed by atoms with Crippen LogP contribution >= 0.6 is 15.9 Å². The third-order valence-corrected chi connectivity index (χ3v) is 5.22. The Labute approximate surface area is 130 Å². The molecule has 1 fully saturated rings. The second kappa shape index (κ2) is 5.69. The van der Waals surface area contributed by atoms with Gasteiger partial charge in [0.15, 0.2) is 0 Å².